The largest absolute Gasteiger partial charge is 0.399 e. The van der Waals surface area contributed by atoms with Crippen LogP contribution in [-0.2, 0) is 0 Å². The molecule has 0 aliphatic carbocycles. The van der Waals surface area contributed by atoms with Gasteiger partial charge in [0, 0.05) is 28.6 Å². The van der Waals surface area contributed by atoms with Crippen molar-refractivity contribution in [3.8, 4) is 0 Å². The number of pyridine rings is 1. The van der Waals surface area contributed by atoms with Gasteiger partial charge in [-0.1, -0.05) is 0 Å². The molecule has 5 heteroatoms. The molecule has 20 heavy (non-hydrogen) atoms. The Balaban J connectivity index is 2.04. The van der Waals surface area contributed by atoms with Crippen LogP contribution < -0.4 is 11.1 Å². The van der Waals surface area contributed by atoms with Crippen molar-refractivity contribution in [2.24, 2.45) is 0 Å². The van der Waals surface area contributed by atoms with Crippen LogP contribution in [0.2, 0.25) is 0 Å². The molecule has 0 aliphatic rings. The first-order chi connectivity index (χ1) is 9.63. The first-order valence-electron chi connectivity index (χ1n) is 6.00. The van der Waals surface area contributed by atoms with E-state index in [2.05, 4.69) is 26.2 Å². The molecule has 0 aliphatic heterocycles. The first kappa shape index (κ1) is 12.9. The van der Waals surface area contributed by atoms with Gasteiger partial charge >= 0.3 is 0 Å². The fourth-order valence-electron chi connectivity index (χ4n) is 2.00. The number of hydrogen-bond donors (Lipinski definition) is 2. The van der Waals surface area contributed by atoms with Gasteiger partial charge in [0.1, 0.15) is 5.82 Å². The molecule has 1 aromatic heterocycles. The normalized spacial score (nSPS) is 10.7. The van der Waals surface area contributed by atoms with Crippen molar-refractivity contribution in [3.63, 3.8) is 0 Å². The third-order valence-electron chi connectivity index (χ3n) is 2.97. The van der Waals surface area contributed by atoms with Crippen molar-refractivity contribution in [1.82, 2.24) is 4.98 Å². The average molecular weight is 332 g/mol. The minimum absolute atomic E-state index is 0.308. The summed E-state index contributed by atoms with van der Waals surface area (Å²) in [7, 11) is 0. The number of nitrogen functional groups attached to an aromatic ring is 1. The van der Waals surface area contributed by atoms with Crippen molar-refractivity contribution in [2.75, 3.05) is 11.1 Å². The summed E-state index contributed by atoms with van der Waals surface area (Å²) >= 11 is 3.14. The van der Waals surface area contributed by atoms with E-state index in [9.17, 15) is 4.39 Å². The van der Waals surface area contributed by atoms with Crippen LogP contribution in [0.1, 0.15) is 0 Å². The van der Waals surface area contributed by atoms with Gasteiger partial charge in [-0.25, -0.2) is 4.39 Å². The van der Waals surface area contributed by atoms with E-state index in [0.29, 0.717) is 15.8 Å². The molecule has 3 N–H and O–H groups in total. The summed E-state index contributed by atoms with van der Waals surface area (Å²) in [4.78, 5) is 4.27. The molecule has 0 bridgehead atoms. The second-order valence-corrected chi connectivity index (χ2v) is 5.24. The molecule has 0 atom stereocenters. The number of nitrogens with one attached hydrogen (secondary N) is 1. The Hall–Kier alpha value is -2.14. The summed E-state index contributed by atoms with van der Waals surface area (Å²) in [6.45, 7) is 0. The van der Waals surface area contributed by atoms with Crippen LogP contribution in [0.4, 0.5) is 21.5 Å². The molecule has 1 heterocycles. The molecule has 0 fully saturated rings. The summed E-state index contributed by atoms with van der Waals surface area (Å²) in [6, 6.07) is 12.3. The molecule has 2 aromatic carbocycles. The highest BCUT2D eigenvalue weighted by atomic mass is 79.9. The molecule has 3 nitrogen and oxygen atoms in total. The van der Waals surface area contributed by atoms with Crippen LogP contribution in [0, 0.1) is 5.82 Å². The van der Waals surface area contributed by atoms with Gasteiger partial charge < -0.3 is 11.1 Å². The summed E-state index contributed by atoms with van der Waals surface area (Å²) in [5, 5.41) is 4.13. The Kier molecular flexibility index (Phi) is 3.28. The van der Waals surface area contributed by atoms with Crippen molar-refractivity contribution >= 4 is 43.9 Å². The number of benzene rings is 2. The number of nitrogens with zero attached hydrogens (tertiary/aromatic N) is 1. The molecule has 3 aromatic rings. The zero-order chi connectivity index (χ0) is 14.1. The molecular weight excluding hydrogens is 321 g/mol. The topological polar surface area (TPSA) is 50.9 Å². The Morgan fingerprint density at radius 2 is 1.95 bits per heavy atom. The lowest BCUT2D eigenvalue weighted by atomic mass is 10.1. The third-order valence-corrected chi connectivity index (χ3v) is 3.61. The molecule has 3 rings (SSSR count). The number of hydrogen-bond acceptors (Lipinski definition) is 3. The number of fused-ring (bicyclic) bond motifs is 1. The predicted molar refractivity (Wildman–Crippen MR) is 83.5 cm³/mol. The Morgan fingerprint density at radius 1 is 1.10 bits per heavy atom. The fourth-order valence-corrected chi connectivity index (χ4v) is 2.25. The highest BCUT2D eigenvalue weighted by Gasteiger charge is 2.05. The standard InChI is InChI=1S/C15H11BrFN3/c16-12-4-2-10(8-13(12)17)20-14-5-6-19-15-7-9(18)1-3-11(14)15/h1-8H,18H2,(H,19,20). The van der Waals surface area contributed by atoms with Crippen LogP contribution in [-0.4, -0.2) is 4.98 Å². The van der Waals surface area contributed by atoms with E-state index in [1.54, 1.807) is 18.3 Å². The van der Waals surface area contributed by atoms with Gasteiger partial charge in [-0.2, -0.15) is 0 Å². The van der Waals surface area contributed by atoms with E-state index in [0.717, 1.165) is 16.6 Å². The highest BCUT2D eigenvalue weighted by Crippen LogP contribution is 2.27. The van der Waals surface area contributed by atoms with Gasteiger partial charge in [0.25, 0.3) is 0 Å². The maximum absolute atomic E-state index is 13.5. The van der Waals surface area contributed by atoms with Crippen LogP contribution in [0.3, 0.4) is 0 Å². The zero-order valence-electron chi connectivity index (χ0n) is 10.4. The smallest absolute Gasteiger partial charge is 0.139 e. The van der Waals surface area contributed by atoms with Crippen molar-refractivity contribution in [1.29, 1.82) is 0 Å². The minimum Gasteiger partial charge on any atom is -0.399 e. The molecule has 0 unspecified atom stereocenters. The SMILES string of the molecule is Nc1ccc2c(Nc3ccc(Br)c(F)c3)ccnc2c1. The van der Waals surface area contributed by atoms with Crippen molar-refractivity contribution in [3.05, 3.63) is 59.0 Å². The maximum atomic E-state index is 13.5. The Morgan fingerprint density at radius 3 is 2.75 bits per heavy atom. The molecule has 0 amide bonds. The third kappa shape index (κ3) is 2.44. The zero-order valence-corrected chi connectivity index (χ0v) is 12.0. The summed E-state index contributed by atoms with van der Waals surface area (Å²) < 4.78 is 14.0. The Labute approximate surface area is 123 Å². The van der Waals surface area contributed by atoms with Gasteiger partial charge in [0.2, 0.25) is 0 Å². The van der Waals surface area contributed by atoms with Crippen LogP contribution >= 0.6 is 15.9 Å². The van der Waals surface area contributed by atoms with Gasteiger partial charge in [-0.05, 0) is 58.4 Å². The fraction of sp³-hybridized carbons (Fsp3) is 0. The molecular formula is C15H11BrFN3. The molecule has 0 saturated carbocycles. The molecule has 0 saturated heterocycles. The monoisotopic (exact) mass is 331 g/mol. The van der Waals surface area contributed by atoms with Gasteiger partial charge in [-0.3, -0.25) is 4.98 Å². The number of rotatable bonds is 2. The molecule has 0 radical (unpaired) electrons. The second kappa shape index (κ2) is 5.09. The lowest BCUT2D eigenvalue weighted by molar-refractivity contribution is 0.622. The predicted octanol–water partition coefficient (Wildman–Crippen LogP) is 4.46. The number of aromatic nitrogens is 1. The number of anilines is 3. The van der Waals surface area contributed by atoms with Gasteiger partial charge in [0.05, 0.1) is 9.99 Å². The number of halogens is 2. The first-order valence-corrected chi connectivity index (χ1v) is 6.79. The summed E-state index contributed by atoms with van der Waals surface area (Å²) in [5.41, 5.74) is 8.74. The van der Waals surface area contributed by atoms with E-state index in [1.807, 2.05) is 24.3 Å². The lowest BCUT2D eigenvalue weighted by Crippen LogP contribution is -1.94. The average Bonchev–Trinajstić information content (AvgIpc) is 2.43. The summed E-state index contributed by atoms with van der Waals surface area (Å²) in [6.07, 6.45) is 1.69. The minimum atomic E-state index is -0.308. The van der Waals surface area contributed by atoms with E-state index >= 15 is 0 Å². The van der Waals surface area contributed by atoms with Crippen LogP contribution in [0.15, 0.2) is 53.1 Å². The van der Waals surface area contributed by atoms with E-state index in [1.165, 1.54) is 6.07 Å². The summed E-state index contributed by atoms with van der Waals surface area (Å²) in [5.74, 6) is -0.308. The van der Waals surface area contributed by atoms with Crippen molar-refractivity contribution in [2.45, 2.75) is 0 Å². The van der Waals surface area contributed by atoms with E-state index < -0.39 is 0 Å². The van der Waals surface area contributed by atoms with Gasteiger partial charge in [0.15, 0.2) is 0 Å². The van der Waals surface area contributed by atoms with Crippen molar-refractivity contribution < 1.29 is 4.39 Å². The van der Waals surface area contributed by atoms with E-state index in [-0.39, 0.29) is 5.82 Å². The number of nitrogens with two attached hydrogens (primary N) is 1. The quantitative estimate of drug-likeness (QED) is 0.681. The van der Waals surface area contributed by atoms with Crippen LogP contribution in [0.5, 0.6) is 0 Å². The van der Waals surface area contributed by atoms with Crippen LogP contribution in [0.25, 0.3) is 10.9 Å². The molecule has 100 valence electrons. The Bertz CT molecular complexity index is 789. The van der Waals surface area contributed by atoms with E-state index in [4.69, 9.17) is 5.73 Å². The second-order valence-electron chi connectivity index (χ2n) is 4.39. The molecule has 0 spiro atoms. The lowest BCUT2D eigenvalue weighted by Gasteiger charge is -2.10. The van der Waals surface area contributed by atoms with Gasteiger partial charge in [-0.15, -0.1) is 0 Å². The maximum Gasteiger partial charge on any atom is 0.139 e. The highest BCUT2D eigenvalue weighted by molar-refractivity contribution is 9.10.